The first kappa shape index (κ1) is 24.8. The summed E-state index contributed by atoms with van der Waals surface area (Å²) in [7, 11) is 0. The summed E-state index contributed by atoms with van der Waals surface area (Å²) in [6.07, 6.45) is 5.05. The molecule has 6 nitrogen and oxygen atoms in total. The molecule has 2 aliphatic rings. The fraction of sp³-hybridized carbons (Fsp3) is 0.321. The zero-order chi connectivity index (χ0) is 25.3. The van der Waals surface area contributed by atoms with Gasteiger partial charge in [0.15, 0.2) is 0 Å². The summed E-state index contributed by atoms with van der Waals surface area (Å²) in [5, 5.41) is 2.30. The van der Waals surface area contributed by atoms with Crippen LogP contribution in [0.4, 0.5) is 16.2 Å². The Morgan fingerprint density at radius 2 is 1.80 bits per heavy atom. The number of imide groups is 1. The third kappa shape index (κ3) is 5.20. The molecule has 4 rings (SSSR count). The maximum absolute atomic E-state index is 12.9. The first-order valence-electron chi connectivity index (χ1n) is 11.8. The number of benzene rings is 2. The minimum absolute atomic E-state index is 0.0730. The van der Waals surface area contributed by atoms with Gasteiger partial charge in [-0.2, -0.15) is 0 Å². The summed E-state index contributed by atoms with van der Waals surface area (Å²) in [5.74, 6) is -0.858. The molecule has 1 N–H and O–H groups in total. The first-order chi connectivity index (χ1) is 16.6. The molecule has 0 bridgehead atoms. The molecule has 35 heavy (non-hydrogen) atoms. The fourth-order valence-corrected chi connectivity index (χ4v) is 5.43. The minimum Gasteiger partial charge on any atom is -0.362 e. The highest BCUT2D eigenvalue weighted by atomic mass is 32.2. The fourth-order valence-electron chi connectivity index (χ4n) is 4.59. The Kier molecular flexibility index (Phi) is 6.90. The number of fused-ring (bicyclic) bond motifs is 1. The van der Waals surface area contributed by atoms with Gasteiger partial charge in [-0.25, -0.2) is 0 Å². The number of aryl methyl sites for hydroxylation is 1. The van der Waals surface area contributed by atoms with E-state index in [4.69, 9.17) is 0 Å². The highest BCUT2D eigenvalue weighted by molar-refractivity contribution is 8.18. The minimum atomic E-state index is -0.446. The second kappa shape index (κ2) is 9.74. The average Bonchev–Trinajstić information content (AvgIpc) is 3.05. The van der Waals surface area contributed by atoms with Crippen molar-refractivity contribution in [3.8, 4) is 0 Å². The Morgan fingerprint density at radius 3 is 2.49 bits per heavy atom. The predicted molar refractivity (Wildman–Crippen MR) is 144 cm³/mol. The van der Waals surface area contributed by atoms with Gasteiger partial charge < -0.3 is 10.2 Å². The molecule has 3 amide bonds. The lowest BCUT2D eigenvalue weighted by atomic mass is 9.88. The normalized spacial score (nSPS) is 18.1. The van der Waals surface area contributed by atoms with E-state index in [0.717, 1.165) is 46.3 Å². The molecule has 7 heteroatoms. The Morgan fingerprint density at radius 1 is 1.09 bits per heavy atom. The van der Waals surface area contributed by atoms with Gasteiger partial charge in [0.1, 0.15) is 6.54 Å². The molecule has 1 saturated heterocycles. The molecule has 2 aromatic carbocycles. The van der Waals surface area contributed by atoms with E-state index >= 15 is 0 Å². The third-order valence-corrected chi connectivity index (χ3v) is 7.16. The summed E-state index contributed by atoms with van der Waals surface area (Å²) in [6.45, 7) is 11.3. The van der Waals surface area contributed by atoms with Crippen LogP contribution in [0.1, 0.15) is 50.8 Å². The molecule has 0 aliphatic carbocycles. The SMILES string of the molecule is CCCN1c2ccc(/C=C3/SC(=O)N(CC(=O)Nc4ccc(C)cc4)C3=O)cc2C(C)=CC1(C)C. The topological polar surface area (TPSA) is 69.7 Å². The van der Waals surface area contributed by atoms with Crippen LogP contribution in [0.5, 0.6) is 0 Å². The van der Waals surface area contributed by atoms with Gasteiger partial charge in [-0.3, -0.25) is 19.3 Å². The quantitative estimate of drug-likeness (QED) is 0.498. The van der Waals surface area contributed by atoms with E-state index in [2.05, 4.69) is 56.1 Å². The van der Waals surface area contributed by atoms with Crippen LogP contribution >= 0.6 is 11.8 Å². The van der Waals surface area contributed by atoms with Crippen LogP contribution in [-0.4, -0.2) is 40.6 Å². The van der Waals surface area contributed by atoms with Crippen molar-refractivity contribution >= 4 is 51.8 Å². The van der Waals surface area contributed by atoms with E-state index in [1.807, 2.05) is 25.1 Å². The lowest BCUT2D eigenvalue weighted by Crippen LogP contribution is -2.45. The number of nitrogens with zero attached hydrogens (tertiary/aromatic N) is 2. The van der Waals surface area contributed by atoms with Gasteiger partial charge in [0.25, 0.3) is 11.1 Å². The molecule has 0 unspecified atom stereocenters. The number of nitrogens with one attached hydrogen (secondary N) is 1. The maximum Gasteiger partial charge on any atom is 0.294 e. The van der Waals surface area contributed by atoms with E-state index < -0.39 is 17.1 Å². The Balaban J connectivity index is 1.52. The van der Waals surface area contributed by atoms with Gasteiger partial charge in [-0.05, 0) is 87.4 Å². The molecule has 0 atom stereocenters. The molecule has 1 fully saturated rings. The van der Waals surface area contributed by atoms with E-state index in [-0.39, 0.29) is 12.1 Å². The van der Waals surface area contributed by atoms with Crippen molar-refractivity contribution in [1.82, 2.24) is 4.90 Å². The van der Waals surface area contributed by atoms with Gasteiger partial charge in [-0.1, -0.05) is 36.8 Å². The van der Waals surface area contributed by atoms with Crippen molar-refractivity contribution < 1.29 is 14.4 Å². The highest BCUT2D eigenvalue weighted by Gasteiger charge is 2.36. The number of rotatable bonds is 6. The van der Waals surface area contributed by atoms with E-state index in [1.165, 1.54) is 11.3 Å². The monoisotopic (exact) mass is 489 g/mol. The van der Waals surface area contributed by atoms with E-state index in [0.29, 0.717) is 10.6 Å². The van der Waals surface area contributed by atoms with Crippen molar-refractivity contribution in [1.29, 1.82) is 0 Å². The van der Waals surface area contributed by atoms with Crippen LogP contribution in [0.2, 0.25) is 0 Å². The third-order valence-electron chi connectivity index (χ3n) is 6.26. The summed E-state index contributed by atoms with van der Waals surface area (Å²) >= 11 is 0.867. The second-order valence-corrected chi connectivity index (χ2v) is 10.6. The second-order valence-electron chi connectivity index (χ2n) is 9.59. The molecule has 2 heterocycles. The summed E-state index contributed by atoms with van der Waals surface area (Å²) in [4.78, 5) is 41.6. The molecule has 2 aliphatic heterocycles. The van der Waals surface area contributed by atoms with Crippen molar-refractivity contribution in [2.24, 2.45) is 0 Å². The van der Waals surface area contributed by atoms with Crippen molar-refractivity contribution in [3.05, 3.63) is 70.1 Å². The van der Waals surface area contributed by atoms with Crippen molar-refractivity contribution in [3.63, 3.8) is 0 Å². The number of amides is 3. The zero-order valence-electron chi connectivity index (χ0n) is 20.8. The standard InChI is InChI=1S/C28H31N3O3S/c1-6-13-31-23-12-9-20(14-22(23)19(3)16-28(31,4)5)15-24-26(33)30(27(34)35-24)17-25(32)29-21-10-7-18(2)8-11-21/h7-12,14-16H,6,13,17H2,1-5H3,(H,29,32)/b24-15+. The van der Waals surface area contributed by atoms with Gasteiger partial charge in [-0.15, -0.1) is 0 Å². The van der Waals surface area contributed by atoms with Crippen LogP contribution in [0, 0.1) is 6.92 Å². The van der Waals surface area contributed by atoms with Crippen LogP contribution in [0.3, 0.4) is 0 Å². The lowest BCUT2D eigenvalue weighted by molar-refractivity contribution is -0.127. The van der Waals surface area contributed by atoms with E-state index in [9.17, 15) is 14.4 Å². The number of allylic oxidation sites excluding steroid dienone is 1. The Hall–Kier alpha value is -3.32. The number of carbonyl (C=O) groups is 3. The Labute approximate surface area is 211 Å². The maximum atomic E-state index is 12.9. The molecule has 0 aromatic heterocycles. The molecule has 182 valence electrons. The number of hydrogen-bond acceptors (Lipinski definition) is 5. The van der Waals surface area contributed by atoms with Crippen LogP contribution in [0.25, 0.3) is 11.6 Å². The molecular formula is C28H31N3O3S. The lowest BCUT2D eigenvalue weighted by Gasteiger charge is -2.43. The van der Waals surface area contributed by atoms with E-state index in [1.54, 1.807) is 18.2 Å². The predicted octanol–water partition coefficient (Wildman–Crippen LogP) is 6.08. The molecule has 0 spiro atoms. The zero-order valence-corrected chi connectivity index (χ0v) is 21.7. The van der Waals surface area contributed by atoms with Crippen LogP contribution in [-0.2, 0) is 9.59 Å². The van der Waals surface area contributed by atoms with Gasteiger partial charge in [0, 0.05) is 23.5 Å². The molecular weight excluding hydrogens is 458 g/mol. The number of carbonyl (C=O) groups excluding carboxylic acids is 3. The molecule has 0 radical (unpaired) electrons. The van der Waals surface area contributed by atoms with Crippen molar-refractivity contribution in [2.45, 2.75) is 46.6 Å². The van der Waals surface area contributed by atoms with Crippen molar-refractivity contribution in [2.75, 3.05) is 23.3 Å². The Bertz CT molecular complexity index is 1240. The van der Waals surface area contributed by atoms with Gasteiger partial charge in [0.2, 0.25) is 5.91 Å². The molecule has 0 saturated carbocycles. The highest BCUT2D eigenvalue weighted by Crippen LogP contribution is 2.40. The van der Waals surface area contributed by atoms with Gasteiger partial charge >= 0.3 is 0 Å². The summed E-state index contributed by atoms with van der Waals surface area (Å²) in [6, 6.07) is 13.5. The van der Waals surface area contributed by atoms with Crippen LogP contribution in [0.15, 0.2) is 53.4 Å². The summed E-state index contributed by atoms with van der Waals surface area (Å²) < 4.78 is 0. The number of hydrogen-bond donors (Lipinski definition) is 1. The van der Waals surface area contributed by atoms with Gasteiger partial charge in [0.05, 0.1) is 10.4 Å². The number of thioether (sulfide) groups is 1. The first-order valence-corrected chi connectivity index (χ1v) is 12.6. The van der Waals surface area contributed by atoms with Crippen LogP contribution < -0.4 is 10.2 Å². The molecule has 2 aromatic rings. The number of anilines is 2. The largest absolute Gasteiger partial charge is 0.362 e. The smallest absolute Gasteiger partial charge is 0.294 e. The summed E-state index contributed by atoms with van der Waals surface area (Å²) in [5.41, 5.74) is 5.97. The average molecular weight is 490 g/mol.